The number of likely N-dealkylation sites (N-methyl/N-ethyl adjacent to an activating group) is 1. The third kappa shape index (κ3) is 16.8. The van der Waals surface area contributed by atoms with Crippen molar-refractivity contribution >= 4 is 11.9 Å². The second-order valence-corrected chi connectivity index (χ2v) is 7.94. The molecule has 0 aromatic rings. The lowest BCUT2D eigenvalue weighted by Crippen LogP contribution is -2.35. The summed E-state index contributed by atoms with van der Waals surface area (Å²) in [7, 11) is 3.56. The Morgan fingerprint density at radius 2 is 1.50 bits per heavy atom. The van der Waals surface area contributed by atoms with Crippen molar-refractivity contribution in [3.8, 4) is 0 Å². The molecule has 0 unspecified atom stereocenters. The number of hydrogen-bond donors (Lipinski definition) is 2. The first-order valence-corrected chi connectivity index (χ1v) is 11.3. The number of nitrogens with one attached hydrogen (secondary N) is 1. The maximum absolute atomic E-state index is 11.8. The van der Waals surface area contributed by atoms with E-state index in [1.54, 1.807) is 19.0 Å². The van der Waals surface area contributed by atoms with Gasteiger partial charge in [0.1, 0.15) is 6.04 Å². The highest BCUT2D eigenvalue weighted by molar-refractivity contribution is 5.75. The molecule has 1 atom stereocenters. The molecule has 0 aliphatic carbocycles. The summed E-state index contributed by atoms with van der Waals surface area (Å²) >= 11 is 0. The smallest absolute Gasteiger partial charge is 0.320 e. The number of carboxylic acid groups (broad SMARTS) is 1. The molecule has 0 rings (SSSR count). The van der Waals surface area contributed by atoms with Crippen LogP contribution >= 0.6 is 0 Å². The Morgan fingerprint density at radius 3 is 2.11 bits per heavy atom. The maximum atomic E-state index is 11.8. The Bertz CT molecular complexity index is 422. The monoisotopic (exact) mass is 396 g/mol. The quantitative estimate of drug-likeness (QED) is 0.234. The normalized spacial score (nSPS) is 12.6. The first-order chi connectivity index (χ1) is 13.5. The van der Waals surface area contributed by atoms with Crippen LogP contribution in [-0.2, 0) is 9.59 Å². The number of hydrogen-bond acceptors (Lipinski definition) is 3. The summed E-state index contributed by atoms with van der Waals surface area (Å²) in [6.45, 7) is 2.88. The van der Waals surface area contributed by atoms with Crippen molar-refractivity contribution < 1.29 is 14.7 Å². The first kappa shape index (κ1) is 26.6. The summed E-state index contributed by atoms with van der Waals surface area (Å²) in [6, 6.07) is -0.441. The summed E-state index contributed by atoms with van der Waals surface area (Å²) < 4.78 is 0. The molecule has 0 bridgehead atoms. The predicted molar refractivity (Wildman–Crippen MR) is 118 cm³/mol. The highest BCUT2D eigenvalue weighted by Crippen LogP contribution is 2.09. The van der Waals surface area contributed by atoms with Crippen LogP contribution in [0.5, 0.6) is 0 Å². The zero-order valence-electron chi connectivity index (χ0n) is 18.5. The molecule has 0 aliphatic rings. The summed E-state index contributed by atoms with van der Waals surface area (Å²) in [4.78, 5) is 24.6. The van der Waals surface area contributed by atoms with Gasteiger partial charge in [0, 0.05) is 13.0 Å². The van der Waals surface area contributed by atoms with E-state index in [2.05, 4.69) is 24.4 Å². The van der Waals surface area contributed by atoms with Gasteiger partial charge in [0.25, 0.3) is 0 Å². The Hall–Kier alpha value is -1.36. The molecule has 5 nitrogen and oxygen atoms in total. The van der Waals surface area contributed by atoms with Crippen molar-refractivity contribution in [2.75, 3.05) is 20.6 Å². The van der Waals surface area contributed by atoms with E-state index >= 15 is 0 Å². The Kier molecular flexibility index (Phi) is 18.1. The van der Waals surface area contributed by atoms with Gasteiger partial charge in [0.15, 0.2) is 0 Å². The fourth-order valence-corrected chi connectivity index (χ4v) is 3.22. The summed E-state index contributed by atoms with van der Waals surface area (Å²) in [5, 5.41) is 12.0. The van der Waals surface area contributed by atoms with Crippen molar-refractivity contribution in [2.45, 2.75) is 103 Å². The van der Waals surface area contributed by atoms with Crippen molar-refractivity contribution in [3.05, 3.63) is 12.2 Å². The zero-order chi connectivity index (χ0) is 21.0. The Labute approximate surface area is 173 Å². The van der Waals surface area contributed by atoms with Crippen LogP contribution in [0.4, 0.5) is 0 Å². The van der Waals surface area contributed by atoms with E-state index in [1.807, 2.05) is 0 Å². The van der Waals surface area contributed by atoms with E-state index in [4.69, 9.17) is 5.11 Å². The van der Waals surface area contributed by atoms with E-state index in [-0.39, 0.29) is 5.91 Å². The largest absolute Gasteiger partial charge is 0.480 e. The number of allylic oxidation sites excluding steroid dienone is 2. The SMILES string of the molecule is CCCCCCCCC/C=C/CCCC(=O)NCCCC[C@@H](C(=O)O)N(C)C. The molecule has 0 saturated heterocycles. The summed E-state index contributed by atoms with van der Waals surface area (Å²) in [5.74, 6) is -0.683. The summed E-state index contributed by atoms with van der Waals surface area (Å²) in [5.41, 5.74) is 0. The summed E-state index contributed by atoms with van der Waals surface area (Å²) in [6.07, 6.45) is 19.7. The van der Waals surface area contributed by atoms with Gasteiger partial charge in [0.2, 0.25) is 5.91 Å². The third-order valence-electron chi connectivity index (χ3n) is 5.05. The molecule has 164 valence electrons. The van der Waals surface area contributed by atoms with Crippen molar-refractivity contribution in [1.29, 1.82) is 0 Å². The van der Waals surface area contributed by atoms with Crippen LogP contribution in [0.1, 0.15) is 96.8 Å². The van der Waals surface area contributed by atoms with Gasteiger partial charge in [-0.3, -0.25) is 14.5 Å². The van der Waals surface area contributed by atoms with Crippen molar-refractivity contribution in [1.82, 2.24) is 10.2 Å². The lowest BCUT2D eigenvalue weighted by molar-refractivity contribution is -0.142. The fraction of sp³-hybridized carbons (Fsp3) is 0.826. The molecule has 0 aromatic heterocycles. The second-order valence-electron chi connectivity index (χ2n) is 7.94. The van der Waals surface area contributed by atoms with Gasteiger partial charge in [0.05, 0.1) is 0 Å². The molecule has 0 saturated carbocycles. The van der Waals surface area contributed by atoms with Crippen LogP contribution in [0.3, 0.4) is 0 Å². The van der Waals surface area contributed by atoms with Crippen LogP contribution < -0.4 is 5.32 Å². The second kappa shape index (κ2) is 19.0. The third-order valence-corrected chi connectivity index (χ3v) is 5.05. The molecule has 0 fully saturated rings. The molecule has 1 amide bonds. The van der Waals surface area contributed by atoms with Gasteiger partial charge in [-0.25, -0.2) is 0 Å². The average molecular weight is 397 g/mol. The molecular weight excluding hydrogens is 352 g/mol. The number of unbranched alkanes of at least 4 members (excludes halogenated alkanes) is 9. The van der Waals surface area contributed by atoms with E-state index in [0.29, 0.717) is 19.4 Å². The minimum Gasteiger partial charge on any atom is -0.480 e. The minimum atomic E-state index is -0.783. The highest BCUT2D eigenvalue weighted by atomic mass is 16.4. The van der Waals surface area contributed by atoms with Crippen LogP contribution in [0.25, 0.3) is 0 Å². The van der Waals surface area contributed by atoms with Crippen molar-refractivity contribution in [3.63, 3.8) is 0 Å². The molecule has 0 radical (unpaired) electrons. The maximum Gasteiger partial charge on any atom is 0.320 e. The number of carbonyl (C=O) groups is 2. The van der Waals surface area contributed by atoms with Crippen LogP contribution in [-0.4, -0.2) is 48.6 Å². The number of aliphatic carboxylic acids is 1. The van der Waals surface area contributed by atoms with E-state index in [9.17, 15) is 9.59 Å². The number of carbonyl (C=O) groups excluding carboxylic acids is 1. The van der Waals surface area contributed by atoms with Crippen LogP contribution in [0, 0.1) is 0 Å². The van der Waals surface area contributed by atoms with Gasteiger partial charge in [-0.15, -0.1) is 0 Å². The number of nitrogens with zero attached hydrogens (tertiary/aromatic N) is 1. The van der Waals surface area contributed by atoms with E-state index < -0.39 is 12.0 Å². The molecule has 28 heavy (non-hydrogen) atoms. The van der Waals surface area contributed by atoms with Gasteiger partial charge < -0.3 is 10.4 Å². The van der Waals surface area contributed by atoms with E-state index in [0.717, 1.165) is 32.1 Å². The van der Waals surface area contributed by atoms with Crippen LogP contribution in [0.2, 0.25) is 0 Å². The van der Waals surface area contributed by atoms with E-state index in [1.165, 1.54) is 44.9 Å². The first-order valence-electron chi connectivity index (χ1n) is 11.3. The van der Waals surface area contributed by atoms with Gasteiger partial charge in [-0.05, 0) is 59.0 Å². The lowest BCUT2D eigenvalue weighted by atomic mass is 10.1. The standard InChI is InChI=1S/C23H44N2O3/c1-4-5-6-7-8-9-10-11-12-13-14-15-19-22(26)24-20-17-16-18-21(23(27)28)25(2)3/h12-13,21H,4-11,14-20H2,1-3H3,(H,24,26)(H,27,28)/b13-12+/t21-/m0/s1. The highest BCUT2D eigenvalue weighted by Gasteiger charge is 2.18. The Morgan fingerprint density at radius 1 is 0.893 bits per heavy atom. The van der Waals surface area contributed by atoms with Gasteiger partial charge in [-0.1, -0.05) is 57.6 Å². The molecule has 2 N–H and O–H groups in total. The lowest BCUT2D eigenvalue weighted by Gasteiger charge is -2.19. The number of amides is 1. The zero-order valence-corrected chi connectivity index (χ0v) is 18.5. The topological polar surface area (TPSA) is 69.6 Å². The number of rotatable bonds is 19. The van der Waals surface area contributed by atoms with Crippen molar-refractivity contribution in [2.24, 2.45) is 0 Å². The molecule has 5 heteroatoms. The van der Waals surface area contributed by atoms with Gasteiger partial charge in [-0.2, -0.15) is 0 Å². The molecular formula is C23H44N2O3. The molecule has 0 aliphatic heterocycles. The molecule has 0 spiro atoms. The average Bonchev–Trinajstić information content (AvgIpc) is 2.64. The predicted octanol–water partition coefficient (Wildman–Crippen LogP) is 5.15. The minimum absolute atomic E-state index is 0.0999. The van der Waals surface area contributed by atoms with Crippen LogP contribution in [0.15, 0.2) is 12.2 Å². The Balaban J connectivity index is 3.47. The molecule has 0 aromatic carbocycles. The molecule has 0 heterocycles. The number of carboxylic acids is 1. The fourth-order valence-electron chi connectivity index (χ4n) is 3.22. The van der Waals surface area contributed by atoms with Gasteiger partial charge >= 0.3 is 5.97 Å².